The van der Waals surface area contributed by atoms with Gasteiger partial charge in [0, 0.05) is 0 Å². The molecule has 0 fully saturated rings. The highest BCUT2D eigenvalue weighted by molar-refractivity contribution is 6.30. The first-order valence-electron chi connectivity index (χ1n) is 6.57. The number of hydrogen-bond acceptors (Lipinski definition) is 3. The van der Waals surface area contributed by atoms with Crippen LogP contribution in [0.25, 0.3) is 11.0 Å². The lowest BCUT2D eigenvalue weighted by molar-refractivity contribution is 0.963. The fourth-order valence-corrected chi connectivity index (χ4v) is 2.52. The Hall–Kier alpha value is -2.44. The van der Waals surface area contributed by atoms with Crippen molar-refractivity contribution in [3.63, 3.8) is 0 Å². The topological polar surface area (TPSA) is 49.6 Å². The molecule has 21 heavy (non-hydrogen) atoms. The van der Waals surface area contributed by atoms with Crippen molar-refractivity contribution < 1.29 is 0 Å². The molecule has 0 aliphatic carbocycles. The molecule has 0 amide bonds. The second-order valence-electron chi connectivity index (χ2n) is 4.86. The monoisotopic (exact) mass is 293 g/mol. The van der Waals surface area contributed by atoms with E-state index in [-0.39, 0.29) is 5.15 Å². The molecular weight excluding hydrogens is 282 g/mol. The predicted octanol–water partition coefficient (Wildman–Crippen LogP) is 4.25. The summed E-state index contributed by atoms with van der Waals surface area (Å²) in [7, 11) is 0. The van der Waals surface area contributed by atoms with Gasteiger partial charge < -0.3 is 0 Å². The van der Waals surface area contributed by atoms with Gasteiger partial charge in [0.15, 0.2) is 5.15 Å². The quantitative estimate of drug-likeness (QED) is 0.710. The van der Waals surface area contributed by atoms with Crippen molar-refractivity contribution in [1.29, 1.82) is 5.26 Å². The molecule has 1 heterocycles. The van der Waals surface area contributed by atoms with Crippen LogP contribution < -0.4 is 0 Å². The van der Waals surface area contributed by atoms with Gasteiger partial charge >= 0.3 is 0 Å². The van der Waals surface area contributed by atoms with Gasteiger partial charge in [-0.2, -0.15) is 5.26 Å². The molecule has 0 saturated heterocycles. The number of rotatable bonds is 2. The van der Waals surface area contributed by atoms with Crippen molar-refractivity contribution in [1.82, 2.24) is 9.97 Å². The highest BCUT2D eigenvalue weighted by atomic mass is 35.5. The van der Waals surface area contributed by atoms with Gasteiger partial charge in [0.1, 0.15) is 11.6 Å². The van der Waals surface area contributed by atoms with Crippen molar-refractivity contribution in [2.75, 3.05) is 0 Å². The van der Waals surface area contributed by atoms with E-state index in [1.807, 2.05) is 55.5 Å². The largest absolute Gasteiger partial charge is 0.246 e. The van der Waals surface area contributed by atoms with Gasteiger partial charge in [-0.1, -0.05) is 48.0 Å². The molecule has 0 saturated carbocycles. The summed E-state index contributed by atoms with van der Waals surface area (Å²) in [6, 6.07) is 17.6. The number of hydrogen-bond donors (Lipinski definition) is 0. The van der Waals surface area contributed by atoms with Gasteiger partial charge in [0.2, 0.25) is 0 Å². The van der Waals surface area contributed by atoms with Crippen LogP contribution in [0.2, 0.25) is 5.15 Å². The van der Waals surface area contributed by atoms with Gasteiger partial charge in [0.25, 0.3) is 0 Å². The zero-order chi connectivity index (χ0) is 14.8. The fourth-order valence-electron chi connectivity index (χ4n) is 2.28. The second-order valence-corrected chi connectivity index (χ2v) is 5.22. The average Bonchev–Trinajstić information content (AvgIpc) is 2.50. The molecule has 2 aromatic carbocycles. The molecule has 0 aliphatic rings. The zero-order valence-electron chi connectivity index (χ0n) is 11.4. The summed E-state index contributed by atoms with van der Waals surface area (Å²) in [6.07, 6.45) is 0. The maximum Gasteiger partial charge on any atom is 0.152 e. The number of aromatic nitrogens is 2. The number of benzene rings is 2. The van der Waals surface area contributed by atoms with Crippen LogP contribution in [0, 0.1) is 18.3 Å². The third kappa shape index (κ3) is 2.58. The molecule has 0 aliphatic heterocycles. The molecule has 102 valence electrons. The molecule has 0 bridgehead atoms. The normalized spacial score (nSPS) is 12.0. The van der Waals surface area contributed by atoms with E-state index in [1.54, 1.807) is 0 Å². The third-order valence-corrected chi connectivity index (χ3v) is 3.62. The lowest BCUT2D eigenvalue weighted by Crippen LogP contribution is -2.04. The van der Waals surface area contributed by atoms with Crippen molar-refractivity contribution in [3.8, 4) is 6.07 Å². The summed E-state index contributed by atoms with van der Waals surface area (Å²) in [6.45, 7) is 1.99. The van der Waals surface area contributed by atoms with Crippen molar-refractivity contribution in [2.24, 2.45) is 0 Å². The summed E-state index contributed by atoms with van der Waals surface area (Å²) in [5.74, 6) is -0.517. The first-order chi connectivity index (χ1) is 10.2. The van der Waals surface area contributed by atoms with Crippen LogP contribution in [0.4, 0.5) is 0 Å². The molecule has 3 nitrogen and oxygen atoms in total. The minimum absolute atomic E-state index is 0.279. The zero-order valence-corrected chi connectivity index (χ0v) is 12.2. The van der Waals surface area contributed by atoms with Crippen molar-refractivity contribution in [2.45, 2.75) is 12.8 Å². The first-order valence-corrected chi connectivity index (χ1v) is 6.95. The minimum Gasteiger partial charge on any atom is -0.246 e. The van der Waals surface area contributed by atoms with Crippen LogP contribution in [0.1, 0.15) is 22.7 Å². The second kappa shape index (κ2) is 5.51. The van der Waals surface area contributed by atoms with Gasteiger partial charge in [-0.3, -0.25) is 0 Å². The Kier molecular flexibility index (Phi) is 3.55. The number of aryl methyl sites for hydroxylation is 1. The Balaban J connectivity index is 2.19. The minimum atomic E-state index is -0.517. The van der Waals surface area contributed by atoms with E-state index in [2.05, 4.69) is 16.0 Å². The molecule has 3 aromatic rings. The number of nitriles is 1. The highest BCUT2D eigenvalue weighted by Crippen LogP contribution is 2.29. The number of halogens is 1. The molecule has 0 N–H and O–H groups in total. The third-order valence-electron chi connectivity index (χ3n) is 3.34. The Morgan fingerprint density at radius 3 is 2.52 bits per heavy atom. The van der Waals surface area contributed by atoms with Gasteiger partial charge in [-0.15, -0.1) is 0 Å². The van der Waals surface area contributed by atoms with E-state index in [1.165, 1.54) is 0 Å². The maximum atomic E-state index is 9.51. The van der Waals surface area contributed by atoms with Crippen molar-refractivity contribution >= 4 is 22.6 Å². The molecule has 3 rings (SSSR count). The Morgan fingerprint density at radius 2 is 1.81 bits per heavy atom. The first kappa shape index (κ1) is 13.5. The van der Waals surface area contributed by atoms with Gasteiger partial charge in [0.05, 0.1) is 17.1 Å². The Morgan fingerprint density at radius 1 is 1.05 bits per heavy atom. The van der Waals surface area contributed by atoms with Crippen LogP contribution in [-0.2, 0) is 0 Å². The molecule has 4 heteroatoms. The van der Waals surface area contributed by atoms with E-state index in [0.717, 1.165) is 22.2 Å². The lowest BCUT2D eigenvalue weighted by atomic mass is 9.97. The SMILES string of the molecule is Cc1ccc2nc(Cl)c(C(C#N)c3ccccc3)nc2c1. The van der Waals surface area contributed by atoms with E-state index in [0.29, 0.717) is 5.69 Å². The maximum absolute atomic E-state index is 9.51. The van der Waals surface area contributed by atoms with E-state index < -0.39 is 5.92 Å². The van der Waals surface area contributed by atoms with E-state index in [9.17, 15) is 5.26 Å². The molecular formula is C17H12ClN3. The van der Waals surface area contributed by atoms with Crippen LogP contribution in [-0.4, -0.2) is 9.97 Å². The fraction of sp³-hybridized carbons (Fsp3) is 0.118. The Bertz CT molecular complexity index is 838. The lowest BCUT2D eigenvalue weighted by Gasteiger charge is -2.11. The van der Waals surface area contributed by atoms with Crippen LogP contribution in [0.5, 0.6) is 0 Å². The van der Waals surface area contributed by atoms with E-state index >= 15 is 0 Å². The predicted molar refractivity (Wildman–Crippen MR) is 83.2 cm³/mol. The molecule has 0 spiro atoms. The molecule has 1 aromatic heterocycles. The summed E-state index contributed by atoms with van der Waals surface area (Å²) in [5, 5.41) is 9.79. The van der Waals surface area contributed by atoms with Crippen LogP contribution in [0.15, 0.2) is 48.5 Å². The van der Waals surface area contributed by atoms with Gasteiger partial charge in [-0.25, -0.2) is 9.97 Å². The average molecular weight is 294 g/mol. The molecule has 1 unspecified atom stereocenters. The molecule has 0 radical (unpaired) electrons. The van der Waals surface area contributed by atoms with Crippen LogP contribution in [0.3, 0.4) is 0 Å². The summed E-state index contributed by atoms with van der Waals surface area (Å²) < 4.78 is 0. The Labute approximate surface area is 127 Å². The summed E-state index contributed by atoms with van der Waals surface area (Å²) >= 11 is 6.24. The van der Waals surface area contributed by atoms with Crippen LogP contribution >= 0.6 is 11.6 Å². The summed E-state index contributed by atoms with van der Waals surface area (Å²) in [5.41, 5.74) is 3.95. The smallest absolute Gasteiger partial charge is 0.152 e. The van der Waals surface area contributed by atoms with E-state index in [4.69, 9.17) is 11.6 Å². The number of nitrogens with zero attached hydrogens (tertiary/aromatic N) is 3. The number of fused-ring (bicyclic) bond motifs is 1. The standard InChI is InChI=1S/C17H12ClN3/c1-11-7-8-14-15(9-11)20-16(17(18)21-14)13(10-19)12-5-3-2-4-6-12/h2-9,13H,1H3. The van der Waals surface area contributed by atoms with Crippen molar-refractivity contribution in [3.05, 3.63) is 70.5 Å². The molecule has 1 atom stereocenters. The summed E-state index contributed by atoms with van der Waals surface area (Å²) in [4.78, 5) is 8.93. The van der Waals surface area contributed by atoms with Gasteiger partial charge in [-0.05, 0) is 30.2 Å². The highest BCUT2D eigenvalue weighted by Gasteiger charge is 2.20.